The van der Waals surface area contributed by atoms with Crippen molar-refractivity contribution >= 4 is 27.8 Å². The number of aliphatic hydroxyl groups is 1. The van der Waals surface area contributed by atoms with E-state index in [-0.39, 0.29) is 12.4 Å². The highest BCUT2D eigenvalue weighted by Crippen LogP contribution is 2.38. The number of hydrogen-bond donors (Lipinski definition) is 2. The number of aliphatic hydroxyl groups excluding tert-OH is 1. The van der Waals surface area contributed by atoms with Crippen LogP contribution in [0.25, 0.3) is 10.8 Å². The van der Waals surface area contributed by atoms with Gasteiger partial charge < -0.3 is 10.2 Å². The third-order valence-electron chi connectivity index (χ3n) is 4.15. The van der Waals surface area contributed by atoms with Crippen molar-refractivity contribution in [2.75, 3.05) is 21.1 Å². The molecule has 128 valence electrons. The summed E-state index contributed by atoms with van der Waals surface area (Å²) in [4.78, 5) is 0. The minimum absolute atomic E-state index is 0.0799. The SMILES string of the molecule is C[N+](C)(C)c1ccc2ccc(O)c(N=Nc3ccccc3CO)c2c1. The van der Waals surface area contributed by atoms with Crippen LogP contribution in [0.3, 0.4) is 0 Å². The molecule has 5 nitrogen and oxygen atoms in total. The molecule has 3 aromatic carbocycles. The van der Waals surface area contributed by atoms with E-state index in [1.165, 1.54) is 0 Å². The zero-order valence-corrected chi connectivity index (χ0v) is 14.6. The van der Waals surface area contributed by atoms with Crippen LogP contribution in [0.15, 0.2) is 64.8 Å². The van der Waals surface area contributed by atoms with E-state index < -0.39 is 0 Å². The Bertz CT molecular complexity index is 943. The second kappa shape index (κ2) is 6.63. The molecule has 0 aliphatic rings. The predicted molar refractivity (Wildman–Crippen MR) is 102 cm³/mol. The first kappa shape index (κ1) is 17.1. The van der Waals surface area contributed by atoms with E-state index in [9.17, 15) is 10.2 Å². The average molecular weight is 336 g/mol. The van der Waals surface area contributed by atoms with Crippen LogP contribution in [0.4, 0.5) is 17.1 Å². The van der Waals surface area contributed by atoms with Crippen LogP contribution >= 0.6 is 0 Å². The van der Waals surface area contributed by atoms with Crippen LogP contribution in [0.2, 0.25) is 0 Å². The summed E-state index contributed by atoms with van der Waals surface area (Å²) in [6.45, 7) is -0.109. The van der Waals surface area contributed by atoms with Gasteiger partial charge in [0.2, 0.25) is 0 Å². The van der Waals surface area contributed by atoms with E-state index >= 15 is 0 Å². The molecule has 0 bridgehead atoms. The van der Waals surface area contributed by atoms with Crippen LogP contribution < -0.4 is 4.48 Å². The number of nitrogens with zero attached hydrogens (tertiary/aromatic N) is 3. The molecule has 2 N–H and O–H groups in total. The van der Waals surface area contributed by atoms with Crippen molar-refractivity contribution in [2.24, 2.45) is 10.2 Å². The molecule has 0 aliphatic carbocycles. The first-order valence-electron chi connectivity index (χ1n) is 8.08. The van der Waals surface area contributed by atoms with Gasteiger partial charge in [0.1, 0.15) is 17.1 Å². The Morgan fingerprint density at radius 3 is 2.36 bits per heavy atom. The zero-order chi connectivity index (χ0) is 18.0. The number of quaternary nitrogens is 1. The molecule has 0 amide bonds. The molecule has 0 atom stereocenters. The second-order valence-corrected chi connectivity index (χ2v) is 6.84. The summed E-state index contributed by atoms with van der Waals surface area (Å²) in [5, 5.41) is 30.1. The summed E-state index contributed by atoms with van der Waals surface area (Å²) in [5.74, 6) is 0.0799. The first-order valence-corrected chi connectivity index (χ1v) is 8.08. The van der Waals surface area contributed by atoms with Crippen LogP contribution in [0, 0.1) is 0 Å². The van der Waals surface area contributed by atoms with Gasteiger partial charge in [0.15, 0.2) is 0 Å². The average Bonchev–Trinajstić information content (AvgIpc) is 2.60. The normalized spacial score (nSPS) is 12.2. The van der Waals surface area contributed by atoms with Crippen molar-refractivity contribution in [1.29, 1.82) is 0 Å². The number of benzene rings is 3. The summed E-state index contributed by atoms with van der Waals surface area (Å²) in [5.41, 5.74) is 2.81. The van der Waals surface area contributed by atoms with Gasteiger partial charge in [0.05, 0.1) is 33.4 Å². The molecule has 3 rings (SSSR count). The summed E-state index contributed by atoms with van der Waals surface area (Å²) >= 11 is 0. The fraction of sp³-hybridized carbons (Fsp3) is 0.200. The van der Waals surface area contributed by atoms with E-state index in [2.05, 4.69) is 37.4 Å². The van der Waals surface area contributed by atoms with Gasteiger partial charge in [0, 0.05) is 17.0 Å². The van der Waals surface area contributed by atoms with Crippen molar-refractivity contribution < 1.29 is 10.2 Å². The maximum absolute atomic E-state index is 10.3. The number of fused-ring (bicyclic) bond motifs is 1. The second-order valence-electron chi connectivity index (χ2n) is 6.84. The van der Waals surface area contributed by atoms with Crippen LogP contribution in [0.1, 0.15) is 5.56 Å². The minimum atomic E-state index is -0.109. The Kier molecular flexibility index (Phi) is 4.53. The highest BCUT2D eigenvalue weighted by atomic mass is 16.3. The summed E-state index contributed by atoms with van der Waals surface area (Å²) in [6, 6.07) is 16.9. The van der Waals surface area contributed by atoms with Gasteiger partial charge in [-0.3, -0.25) is 4.48 Å². The van der Waals surface area contributed by atoms with Gasteiger partial charge in [-0.2, -0.15) is 5.11 Å². The van der Waals surface area contributed by atoms with Crippen molar-refractivity contribution in [1.82, 2.24) is 4.48 Å². The van der Waals surface area contributed by atoms with E-state index in [4.69, 9.17) is 0 Å². The number of aromatic hydroxyl groups is 1. The molecule has 0 spiro atoms. The predicted octanol–water partition coefficient (Wildman–Crippen LogP) is 4.65. The molecule has 5 heteroatoms. The molecule has 3 aromatic rings. The molecule has 0 unspecified atom stereocenters. The lowest BCUT2D eigenvalue weighted by Crippen LogP contribution is -2.34. The van der Waals surface area contributed by atoms with Crippen molar-refractivity contribution in [3.63, 3.8) is 0 Å². The van der Waals surface area contributed by atoms with E-state index in [1.807, 2.05) is 30.3 Å². The molecule has 0 fully saturated rings. The third-order valence-corrected chi connectivity index (χ3v) is 4.15. The number of phenols is 1. The molecule has 0 heterocycles. The Labute approximate surface area is 147 Å². The van der Waals surface area contributed by atoms with Gasteiger partial charge in [0.25, 0.3) is 0 Å². The van der Waals surface area contributed by atoms with E-state index in [0.717, 1.165) is 16.5 Å². The highest BCUT2D eigenvalue weighted by Gasteiger charge is 2.15. The first-order chi connectivity index (χ1) is 11.9. The smallest absolute Gasteiger partial charge is 0.143 e. The number of phenolic OH excluding ortho intramolecular Hbond substituents is 1. The summed E-state index contributed by atoms with van der Waals surface area (Å²) in [7, 11) is 6.26. The number of rotatable bonds is 4. The quantitative estimate of drug-likeness (QED) is 0.538. The highest BCUT2D eigenvalue weighted by molar-refractivity contribution is 5.97. The van der Waals surface area contributed by atoms with Gasteiger partial charge in [-0.1, -0.05) is 24.3 Å². The van der Waals surface area contributed by atoms with Gasteiger partial charge in [-0.15, -0.1) is 5.11 Å². The molecule has 0 aromatic heterocycles. The summed E-state index contributed by atoms with van der Waals surface area (Å²) in [6.07, 6.45) is 0. The van der Waals surface area contributed by atoms with Gasteiger partial charge >= 0.3 is 0 Å². The summed E-state index contributed by atoms with van der Waals surface area (Å²) < 4.78 is 0.662. The minimum Gasteiger partial charge on any atom is -0.506 e. The van der Waals surface area contributed by atoms with Crippen molar-refractivity contribution in [3.05, 3.63) is 60.2 Å². The van der Waals surface area contributed by atoms with Crippen LogP contribution in [-0.4, -0.2) is 31.4 Å². The lowest BCUT2D eigenvalue weighted by Gasteiger charge is -2.23. The van der Waals surface area contributed by atoms with Crippen LogP contribution in [0.5, 0.6) is 5.75 Å². The van der Waals surface area contributed by atoms with Crippen molar-refractivity contribution in [3.8, 4) is 5.75 Å². The Morgan fingerprint density at radius 2 is 1.64 bits per heavy atom. The van der Waals surface area contributed by atoms with Gasteiger partial charge in [-0.25, -0.2) is 0 Å². The van der Waals surface area contributed by atoms with Crippen LogP contribution in [-0.2, 0) is 6.61 Å². The third kappa shape index (κ3) is 3.52. The molecular weight excluding hydrogens is 314 g/mol. The Balaban J connectivity index is 2.14. The lowest BCUT2D eigenvalue weighted by atomic mass is 10.1. The van der Waals surface area contributed by atoms with E-state index in [1.54, 1.807) is 18.2 Å². The monoisotopic (exact) mass is 336 g/mol. The van der Waals surface area contributed by atoms with E-state index in [0.29, 0.717) is 21.4 Å². The Morgan fingerprint density at radius 1 is 0.920 bits per heavy atom. The molecular formula is C20H22N3O2+. The largest absolute Gasteiger partial charge is 0.506 e. The maximum Gasteiger partial charge on any atom is 0.143 e. The fourth-order valence-corrected chi connectivity index (χ4v) is 2.65. The zero-order valence-electron chi connectivity index (χ0n) is 14.6. The molecule has 0 saturated heterocycles. The lowest BCUT2D eigenvalue weighted by molar-refractivity contribution is 0.282. The maximum atomic E-state index is 10.3. The van der Waals surface area contributed by atoms with Crippen molar-refractivity contribution in [2.45, 2.75) is 6.61 Å². The molecule has 0 saturated carbocycles. The molecule has 25 heavy (non-hydrogen) atoms. The number of hydrogen-bond acceptors (Lipinski definition) is 4. The Hall–Kier alpha value is -2.76. The standard InChI is InChI=1S/C20H21N3O2/c1-23(2,3)16-10-8-14-9-11-19(25)20(17(14)12-16)22-21-18-7-5-4-6-15(18)13-24/h4-12,24H,13H2,1-3H3/p+1. The topological polar surface area (TPSA) is 65.2 Å². The molecule has 0 radical (unpaired) electrons. The van der Waals surface area contributed by atoms with Gasteiger partial charge in [-0.05, 0) is 29.7 Å². The fourth-order valence-electron chi connectivity index (χ4n) is 2.65. The molecule has 0 aliphatic heterocycles. The number of azo groups is 1.